The fourth-order valence-electron chi connectivity index (χ4n) is 2.46. The first-order valence-electron chi connectivity index (χ1n) is 8.60. The summed E-state index contributed by atoms with van der Waals surface area (Å²) in [4.78, 5) is 25.7. The van der Waals surface area contributed by atoms with Crippen molar-refractivity contribution in [2.45, 2.75) is 6.54 Å². The fraction of sp³-hybridized carbons (Fsp3) is 0.238. The van der Waals surface area contributed by atoms with E-state index in [1.54, 1.807) is 18.1 Å². The van der Waals surface area contributed by atoms with Crippen LogP contribution in [0.2, 0.25) is 0 Å². The van der Waals surface area contributed by atoms with E-state index in [9.17, 15) is 9.59 Å². The smallest absolute Gasteiger partial charge is 0.244 e. The van der Waals surface area contributed by atoms with Crippen molar-refractivity contribution in [3.05, 3.63) is 65.7 Å². The van der Waals surface area contributed by atoms with E-state index in [1.807, 2.05) is 62.6 Å². The Morgan fingerprint density at radius 1 is 1.11 bits per heavy atom. The van der Waals surface area contributed by atoms with E-state index in [4.69, 9.17) is 4.74 Å². The highest BCUT2D eigenvalue weighted by Crippen LogP contribution is 2.18. The molecule has 2 aromatic carbocycles. The Bertz CT molecular complexity index is 816. The lowest BCUT2D eigenvalue weighted by atomic mass is 10.2. The van der Waals surface area contributed by atoms with E-state index in [0.29, 0.717) is 24.5 Å². The van der Waals surface area contributed by atoms with Crippen molar-refractivity contribution < 1.29 is 14.3 Å². The minimum absolute atomic E-state index is 0.0825. The summed E-state index contributed by atoms with van der Waals surface area (Å²) in [5.41, 5.74) is 2.44. The third kappa shape index (κ3) is 6.95. The van der Waals surface area contributed by atoms with Crippen LogP contribution in [0.3, 0.4) is 0 Å². The van der Waals surface area contributed by atoms with Crippen LogP contribution in [0.5, 0.6) is 5.75 Å². The maximum Gasteiger partial charge on any atom is 0.244 e. The van der Waals surface area contributed by atoms with Gasteiger partial charge in [0, 0.05) is 23.9 Å². The summed E-state index contributed by atoms with van der Waals surface area (Å²) in [6, 6.07) is 14.9. The van der Waals surface area contributed by atoms with Crippen LogP contribution in [0.1, 0.15) is 11.1 Å². The molecule has 0 saturated heterocycles. The first-order valence-corrected chi connectivity index (χ1v) is 8.60. The number of carbonyl (C=O) groups is 2. The molecule has 2 N–H and O–H groups in total. The van der Waals surface area contributed by atoms with Crippen molar-refractivity contribution in [1.82, 2.24) is 10.2 Å². The van der Waals surface area contributed by atoms with Gasteiger partial charge in [-0.25, -0.2) is 0 Å². The quantitative estimate of drug-likeness (QED) is 0.704. The number of anilines is 1. The van der Waals surface area contributed by atoms with E-state index in [2.05, 4.69) is 10.6 Å². The Labute approximate surface area is 159 Å². The number of nitrogens with zero attached hydrogens (tertiary/aromatic N) is 1. The predicted octanol–water partition coefficient (Wildman–Crippen LogP) is 2.52. The molecule has 0 heterocycles. The molecular formula is C21H25N3O3. The van der Waals surface area contributed by atoms with Crippen LogP contribution in [-0.4, -0.2) is 44.5 Å². The molecular weight excluding hydrogens is 342 g/mol. The van der Waals surface area contributed by atoms with Gasteiger partial charge in [-0.05, 0) is 43.9 Å². The zero-order valence-corrected chi connectivity index (χ0v) is 15.9. The van der Waals surface area contributed by atoms with Crippen LogP contribution < -0.4 is 15.4 Å². The summed E-state index contributed by atoms with van der Waals surface area (Å²) in [5, 5.41) is 5.67. The molecule has 2 aromatic rings. The molecule has 0 unspecified atom stereocenters. The number of hydrogen-bond acceptors (Lipinski definition) is 4. The predicted molar refractivity (Wildman–Crippen MR) is 108 cm³/mol. The van der Waals surface area contributed by atoms with E-state index in [1.165, 1.54) is 6.08 Å². The minimum Gasteiger partial charge on any atom is -0.496 e. The molecule has 0 aliphatic rings. The molecule has 142 valence electrons. The average molecular weight is 367 g/mol. The van der Waals surface area contributed by atoms with Gasteiger partial charge in [0.25, 0.3) is 0 Å². The van der Waals surface area contributed by atoms with E-state index < -0.39 is 0 Å². The fourth-order valence-corrected chi connectivity index (χ4v) is 2.46. The normalized spacial score (nSPS) is 10.8. The van der Waals surface area contributed by atoms with Crippen LogP contribution >= 0.6 is 0 Å². The number of para-hydroxylation sites is 1. The molecule has 2 rings (SSSR count). The van der Waals surface area contributed by atoms with Gasteiger partial charge >= 0.3 is 0 Å². The Kier molecular flexibility index (Phi) is 7.58. The van der Waals surface area contributed by atoms with Gasteiger partial charge in [-0.2, -0.15) is 0 Å². The first kappa shape index (κ1) is 20.2. The molecule has 0 aliphatic heterocycles. The van der Waals surface area contributed by atoms with Gasteiger partial charge in [-0.1, -0.05) is 30.3 Å². The molecule has 0 saturated carbocycles. The topological polar surface area (TPSA) is 70.7 Å². The number of carbonyl (C=O) groups excluding carboxylic acids is 2. The summed E-state index contributed by atoms with van der Waals surface area (Å²) < 4.78 is 5.26. The third-order valence-corrected chi connectivity index (χ3v) is 3.69. The molecule has 0 fully saturated rings. The maximum atomic E-state index is 12.1. The number of nitrogens with one attached hydrogen (secondary N) is 2. The van der Waals surface area contributed by atoms with E-state index in [-0.39, 0.29) is 11.8 Å². The highest BCUT2D eigenvalue weighted by molar-refractivity contribution is 5.93. The van der Waals surface area contributed by atoms with Crippen molar-refractivity contribution in [3.63, 3.8) is 0 Å². The molecule has 0 atom stereocenters. The summed E-state index contributed by atoms with van der Waals surface area (Å²) in [6.45, 7) is 0.682. The summed E-state index contributed by atoms with van der Waals surface area (Å²) in [6.07, 6.45) is 3.19. The molecule has 0 radical (unpaired) electrons. The average Bonchev–Trinajstić information content (AvgIpc) is 2.64. The van der Waals surface area contributed by atoms with Gasteiger partial charge in [-0.3, -0.25) is 9.59 Å². The first-order chi connectivity index (χ1) is 13.0. The number of ether oxygens (including phenoxy) is 1. The van der Waals surface area contributed by atoms with Gasteiger partial charge in [0.15, 0.2) is 0 Å². The zero-order chi connectivity index (χ0) is 19.6. The lowest BCUT2D eigenvalue weighted by molar-refractivity contribution is -0.117. The zero-order valence-electron chi connectivity index (χ0n) is 15.9. The number of rotatable bonds is 8. The number of hydrogen-bond donors (Lipinski definition) is 2. The Morgan fingerprint density at radius 2 is 1.89 bits per heavy atom. The molecule has 0 bridgehead atoms. The summed E-state index contributed by atoms with van der Waals surface area (Å²) in [7, 11) is 5.27. The lowest BCUT2D eigenvalue weighted by Crippen LogP contribution is -2.27. The Balaban J connectivity index is 1.90. The van der Waals surface area contributed by atoms with Crippen molar-refractivity contribution >= 4 is 23.6 Å². The van der Waals surface area contributed by atoms with Crippen molar-refractivity contribution in [3.8, 4) is 5.75 Å². The van der Waals surface area contributed by atoms with Crippen molar-refractivity contribution in [1.29, 1.82) is 0 Å². The molecule has 6 heteroatoms. The van der Waals surface area contributed by atoms with Crippen LogP contribution in [0.25, 0.3) is 6.08 Å². The van der Waals surface area contributed by atoms with Gasteiger partial charge in [0.1, 0.15) is 5.75 Å². The maximum absolute atomic E-state index is 12.1. The van der Waals surface area contributed by atoms with Gasteiger partial charge in [0.05, 0.1) is 13.7 Å². The van der Waals surface area contributed by atoms with Crippen LogP contribution in [0, 0.1) is 0 Å². The van der Waals surface area contributed by atoms with Gasteiger partial charge in [0.2, 0.25) is 11.8 Å². The third-order valence-electron chi connectivity index (χ3n) is 3.69. The second-order valence-electron chi connectivity index (χ2n) is 6.28. The van der Waals surface area contributed by atoms with Crippen molar-refractivity contribution in [2.24, 2.45) is 0 Å². The molecule has 27 heavy (non-hydrogen) atoms. The Morgan fingerprint density at radius 3 is 2.63 bits per heavy atom. The molecule has 0 spiro atoms. The van der Waals surface area contributed by atoms with Gasteiger partial charge in [-0.15, -0.1) is 0 Å². The second-order valence-corrected chi connectivity index (χ2v) is 6.28. The summed E-state index contributed by atoms with van der Waals surface area (Å²) in [5.74, 6) is 0.423. The Hall–Kier alpha value is -3.12. The molecule has 6 nitrogen and oxygen atoms in total. The van der Waals surface area contributed by atoms with Crippen LogP contribution in [0.15, 0.2) is 54.6 Å². The minimum atomic E-state index is -0.206. The second kappa shape index (κ2) is 10.1. The number of benzene rings is 2. The lowest BCUT2D eigenvalue weighted by Gasteiger charge is -2.11. The highest BCUT2D eigenvalue weighted by Gasteiger charge is 2.05. The van der Waals surface area contributed by atoms with Crippen molar-refractivity contribution in [2.75, 3.05) is 33.1 Å². The van der Waals surface area contributed by atoms with Crippen LogP contribution in [0.4, 0.5) is 5.69 Å². The monoisotopic (exact) mass is 367 g/mol. The largest absolute Gasteiger partial charge is 0.496 e. The molecule has 0 aromatic heterocycles. The number of amides is 2. The summed E-state index contributed by atoms with van der Waals surface area (Å²) >= 11 is 0. The number of likely N-dealkylation sites (N-methyl/N-ethyl adjacent to an activating group) is 1. The molecule has 2 amide bonds. The highest BCUT2D eigenvalue weighted by atomic mass is 16.5. The van der Waals surface area contributed by atoms with Gasteiger partial charge < -0.3 is 20.3 Å². The molecule has 0 aliphatic carbocycles. The van der Waals surface area contributed by atoms with E-state index >= 15 is 0 Å². The SMILES string of the molecule is COc1ccccc1/C=C/C(=O)NCc1cccc(NC(=O)CN(C)C)c1. The number of methoxy groups -OCH3 is 1. The van der Waals surface area contributed by atoms with E-state index in [0.717, 1.165) is 11.1 Å². The van der Waals surface area contributed by atoms with Crippen LogP contribution in [-0.2, 0) is 16.1 Å². The standard InChI is InChI=1S/C21H25N3O3/c1-24(2)15-21(26)23-18-9-6-7-16(13-18)14-22-20(25)12-11-17-8-4-5-10-19(17)27-3/h4-13H,14-15H2,1-3H3,(H,22,25)(H,23,26)/b12-11+.